The van der Waals surface area contributed by atoms with Gasteiger partial charge in [0, 0.05) is 6.54 Å². The number of rotatable bonds is 3. The highest BCUT2D eigenvalue weighted by atomic mass is 16.3. The second kappa shape index (κ2) is 3.18. The summed E-state index contributed by atoms with van der Waals surface area (Å²) in [5.74, 6) is 1.29. The van der Waals surface area contributed by atoms with Crippen molar-refractivity contribution in [3.63, 3.8) is 0 Å². The van der Waals surface area contributed by atoms with Crippen molar-refractivity contribution in [2.24, 2.45) is 5.92 Å². The highest BCUT2D eigenvalue weighted by Crippen LogP contribution is 2.27. The Labute approximate surface area is 70.4 Å². The van der Waals surface area contributed by atoms with Gasteiger partial charge in [-0.1, -0.05) is 6.42 Å². The zero-order valence-corrected chi connectivity index (χ0v) is 6.85. The minimum atomic E-state index is -0.0697. The van der Waals surface area contributed by atoms with E-state index >= 15 is 0 Å². The van der Waals surface area contributed by atoms with Gasteiger partial charge in [0.2, 0.25) is 0 Å². The Balaban J connectivity index is 2.00. The van der Waals surface area contributed by atoms with E-state index in [0.29, 0.717) is 5.82 Å². The van der Waals surface area contributed by atoms with Crippen LogP contribution in [0.1, 0.15) is 25.1 Å². The second-order valence-electron chi connectivity index (χ2n) is 3.23. The van der Waals surface area contributed by atoms with Crippen molar-refractivity contribution in [3.05, 3.63) is 5.82 Å². The van der Waals surface area contributed by atoms with E-state index < -0.39 is 0 Å². The van der Waals surface area contributed by atoms with E-state index in [4.69, 9.17) is 5.11 Å². The Hall–Kier alpha value is -0.970. The van der Waals surface area contributed by atoms with Gasteiger partial charge < -0.3 is 5.11 Å². The van der Waals surface area contributed by atoms with Gasteiger partial charge in [0.15, 0.2) is 5.82 Å². The summed E-state index contributed by atoms with van der Waals surface area (Å²) in [7, 11) is 0. The average molecular weight is 168 g/mol. The van der Waals surface area contributed by atoms with Crippen LogP contribution < -0.4 is 0 Å². The van der Waals surface area contributed by atoms with Crippen LogP contribution in [0.3, 0.4) is 0 Å². The van der Waals surface area contributed by atoms with Crippen LogP contribution in [0.5, 0.6) is 0 Å². The van der Waals surface area contributed by atoms with Crippen LogP contribution in [-0.2, 0) is 13.2 Å². The molecule has 1 heterocycles. The molecule has 5 heteroatoms. The molecule has 1 aliphatic rings. The highest BCUT2D eigenvalue weighted by Gasteiger charge is 2.19. The van der Waals surface area contributed by atoms with Crippen LogP contribution in [0.4, 0.5) is 0 Å². The molecule has 0 spiro atoms. The van der Waals surface area contributed by atoms with Gasteiger partial charge >= 0.3 is 0 Å². The third-order valence-electron chi connectivity index (χ3n) is 2.40. The van der Waals surface area contributed by atoms with Gasteiger partial charge in [0.25, 0.3) is 0 Å². The smallest absolute Gasteiger partial charge is 0.176 e. The molecule has 1 N–H and O–H groups in total. The summed E-state index contributed by atoms with van der Waals surface area (Å²) in [6.07, 6.45) is 3.86. The van der Waals surface area contributed by atoms with Gasteiger partial charge in [-0.25, -0.2) is 4.68 Å². The Morgan fingerprint density at radius 3 is 2.92 bits per heavy atom. The van der Waals surface area contributed by atoms with Crippen molar-refractivity contribution in [1.82, 2.24) is 20.2 Å². The van der Waals surface area contributed by atoms with Gasteiger partial charge in [-0.3, -0.25) is 0 Å². The van der Waals surface area contributed by atoms with Crippen LogP contribution in [0.25, 0.3) is 0 Å². The lowest BCUT2D eigenvalue weighted by atomic mass is 9.85. The fraction of sp³-hybridized carbons (Fsp3) is 0.857. The van der Waals surface area contributed by atoms with Gasteiger partial charge in [-0.2, -0.15) is 0 Å². The molecular weight excluding hydrogens is 156 g/mol. The van der Waals surface area contributed by atoms with Crippen molar-refractivity contribution in [3.8, 4) is 0 Å². The molecule has 12 heavy (non-hydrogen) atoms. The predicted molar refractivity (Wildman–Crippen MR) is 41.1 cm³/mol. The third-order valence-corrected chi connectivity index (χ3v) is 2.40. The molecular formula is C7H12N4O. The molecule has 0 aliphatic heterocycles. The van der Waals surface area contributed by atoms with E-state index in [1.807, 2.05) is 0 Å². The van der Waals surface area contributed by atoms with Crippen molar-refractivity contribution in [1.29, 1.82) is 0 Å². The van der Waals surface area contributed by atoms with Crippen molar-refractivity contribution in [2.75, 3.05) is 0 Å². The lowest BCUT2D eigenvalue weighted by Gasteiger charge is -2.24. The third kappa shape index (κ3) is 1.32. The molecule has 1 saturated carbocycles. The number of tetrazole rings is 1. The Morgan fingerprint density at radius 2 is 2.33 bits per heavy atom. The second-order valence-corrected chi connectivity index (χ2v) is 3.23. The minimum absolute atomic E-state index is 0.0697. The number of aliphatic hydroxyl groups excluding tert-OH is 1. The van der Waals surface area contributed by atoms with E-state index in [2.05, 4.69) is 15.5 Å². The monoisotopic (exact) mass is 168 g/mol. The fourth-order valence-electron chi connectivity index (χ4n) is 1.40. The minimum Gasteiger partial charge on any atom is -0.388 e. The normalized spacial score (nSPS) is 17.8. The number of aliphatic hydroxyl groups is 1. The number of hydrogen-bond donors (Lipinski definition) is 1. The van der Waals surface area contributed by atoms with Gasteiger partial charge in [-0.05, 0) is 29.2 Å². The largest absolute Gasteiger partial charge is 0.388 e. The molecule has 1 aromatic heterocycles. The van der Waals surface area contributed by atoms with Crippen LogP contribution in [0.2, 0.25) is 0 Å². The Kier molecular flexibility index (Phi) is 2.03. The molecule has 1 aliphatic carbocycles. The van der Waals surface area contributed by atoms with Gasteiger partial charge in [0.1, 0.15) is 6.61 Å². The summed E-state index contributed by atoms with van der Waals surface area (Å²) in [5, 5.41) is 19.9. The van der Waals surface area contributed by atoms with E-state index in [1.165, 1.54) is 19.3 Å². The topological polar surface area (TPSA) is 63.8 Å². The molecule has 0 aromatic carbocycles. The van der Waals surface area contributed by atoms with E-state index in [9.17, 15) is 0 Å². The summed E-state index contributed by atoms with van der Waals surface area (Å²) >= 11 is 0. The van der Waals surface area contributed by atoms with Crippen molar-refractivity contribution in [2.45, 2.75) is 32.4 Å². The molecule has 0 saturated heterocycles. The van der Waals surface area contributed by atoms with Crippen LogP contribution in [-0.4, -0.2) is 25.3 Å². The first-order valence-corrected chi connectivity index (χ1v) is 4.26. The average Bonchev–Trinajstić information content (AvgIpc) is 2.43. The zero-order chi connectivity index (χ0) is 8.39. The molecule has 1 aromatic rings. The molecule has 5 nitrogen and oxygen atoms in total. The summed E-state index contributed by atoms with van der Waals surface area (Å²) in [4.78, 5) is 0. The summed E-state index contributed by atoms with van der Waals surface area (Å²) in [5.41, 5.74) is 0. The van der Waals surface area contributed by atoms with Gasteiger partial charge in [0.05, 0.1) is 0 Å². The number of hydrogen-bond acceptors (Lipinski definition) is 4. The summed E-state index contributed by atoms with van der Waals surface area (Å²) in [6.45, 7) is 0.794. The molecule has 0 bridgehead atoms. The fourth-order valence-corrected chi connectivity index (χ4v) is 1.40. The number of aromatic nitrogens is 4. The van der Waals surface area contributed by atoms with Crippen molar-refractivity contribution >= 4 is 0 Å². The van der Waals surface area contributed by atoms with E-state index in [0.717, 1.165) is 12.5 Å². The molecule has 2 rings (SSSR count). The maximum atomic E-state index is 8.85. The quantitative estimate of drug-likeness (QED) is 0.688. The molecule has 0 amide bonds. The first-order valence-electron chi connectivity index (χ1n) is 4.26. The first-order chi connectivity index (χ1) is 5.90. The van der Waals surface area contributed by atoms with E-state index in [-0.39, 0.29) is 6.61 Å². The van der Waals surface area contributed by atoms with Crippen LogP contribution in [0, 0.1) is 5.92 Å². The van der Waals surface area contributed by atoms with Crippen LogP contribution in [0.15, 0.2) is 0 Å². The lowest BCUT2D eigenvalue weighted by Crippen LogP contribution is -2.20. The Morgan fingerprint density at radius 1 is 1.50 bits per heavy atom. The van der Waals surface area contributed by atoms with E-state index in [1.54, 1.807) is 4.68 Å². The van der Waals surface area contributed by atoms with Gasteiger partial charge in [-0.15, -0.1) is 5.10 Å². The van der Waals surface area contributed by atoms with Crippen LogP contribution >= 0.6 is 0 Å². The zero-order valence-electron chi connectivity index (χ0n) is 6.85. The summed E-state index contributed by atoms with van der Waals surface area (Å²) in [6, 6.07) is 0. The predicted octanol–water partition coefficient (Wildman–Crippen LogP) is -0.0345. The SMILES string of the molecule is OCc1nnnn1CC1CCC1. The highest BCUT2D eigenvalue weighted by molar-refractivity contribution is 4.79. The standard InChI is InChI=1S/C7H12N4O/c12-5-7-8-9-10-11(7)4-6-2-1-3-6/h6,12H,1-5H2. The first kappa shape index (κ1) is 7.67. The molecule has 66 valence electrons. The Bertz CT molecular complexity index is 256. The molecule has 0 atom stereocenters. The molecule has 1 fully saturated rings. The molecule has 0 radical (unpaired) electrons. The maximum absolute atomic E-state index is 8.85. The number of nitrogens with zero attached hydrogens (tertiary/aromatic N) is 4. The molecule has 0 unspecified atom stereocenters. The summed E-state index contributed by atoms with van der Waals surface area (Å²) < 4.78 is 1.70. The van der Waals surface area contributed by atoms with Crippen molar-refractivity contribution < 1.29 is 5.11 Å². The lowest BCUT2D eigenvalue weighted by molar-refractivity contribution is 0.233. The maximum Gasteiger partial charge on any atom is 0.176 e.